The van der Waals surface area contributed by atoms with Crippen molar-refractivity contribution in [2.45, 2.75) is 27.7 Å². The Labute approximate surface area is 91.9 Å². The molecular weight excluding hydrogens is 186 g/mol. The van der Waals surface area contributed by atoms with Crippen molar-refractivity contribution in [2.75, 3.05) is 0 Å². The van der Waals surface area contributed by atoms with Gasteiger partial charge in [0.25, 0.3) is 0 Å². The van der Waals surface area contributed by atoms with Gasteiger partial charge >= 0.3 is 0 Å². The SMILES string of the molecule is CC(=NO[C]C(C)(C)C)c1ccccc1. The molecule has 0 spiro atoms. The van der Waals surface area contributed by atoms with Gasteiger partial charge in [-0.15, -0.1) is 0 Å². The van der Waals surface area contributed by atoms with E-state index in [1.54, 1.807) is 0 Å². The minimum absolute atomic E-state index is 0.0968. The Hall–Kier alpha value is -1.31. The molecule has 0 aliphatic heterocycles. The summed E-state index contributed by atoms with van der Waals surface area (Å²) in [6.45, 7) is 10.8. The normalized spacial score (nSPS) is 12.7. The second kappa shape index (κ2) is 4.96. The summed E-state index contributed by atoms with van der Waals surface area (Å²) in [7, 11) is 0. The highest BCUT2D eigenvalue weighted by Crippen LogP contribution is 2.17. The Bertz CT molecular complexity index is 322. The van der Waals surface area contributed by atoms with E-state index in [-0.39, 0.29) is 5.41 Å². The van der Waals surface area contributed by atoms with Crippen LogP contribution in [0.15, 0.2) is 35.5 Å². The van der Waals surface area contributed by atoms with Crippen LogP contribution in [0.25, 0.3) is 0 Å². The van der Waals surface area contributed by atoms with Gasteiger partial charge in [-0.05, 0) is 12.5 Å². The Kier molecular flexibility index (Phi) is 3.89. The molecule has 1 aromatic carbocycles. The smallest absolute Gasteiger partial charge is 0.235 e. The maximum atomic E-state index is 5.05. The molecule has 15 heavy (non-hydrogen) atoms. The highest BCUT2D eigenvalue weighted by atomic mass is 16.6. The molecule has 2 radical (unpaired) electrons. The number of nitrogens with zero attached hydrogens (tertiary/aromatic N) is 1. The lowest BCUT2D eigenvalue weighted by Gasteiger charge is -2.13. The number of benzene rings is 1. The zero-order valence-corrected chi connectivity index (χ0v) is 9.74. The van der Waals surface area contributed by atoms with Gasteiger partial charge in [0, 0.05) is 5.41 Å². The zero-order valence-electron chi connectivity index (χ0n) is 9.74. The van der Waals surface area contributed by atoms with Crippen molar-refractivity contribution in [3.05, 3.63) is 42.5 Å². The summed E-state index contributed by atoms with van der Waals surface area (Å²) in [5.41, 5.74) is 1.82. The Balaban J connectivity index is 2.54. The van der Waals surface area contributed by atoms with Crippen LogP contribution in [-0.2, 0) is 4.84 Å². The van der Waals surface area contributed by atoms with E-state index in [9.17, 15) is 0 Å². The highest BCUT2D eigenvalue weighted by molar-refractivity contribution is 5.98. The van der Waals surface area contributed by atoms with E-state index in [1.165, 1.54) is 0 Å². The fourth-order valence-electron chi connectivity index (χ4n) is 0.960. The lowest BCUT2D eigenvalue weighted by Crippen LogP contribution is -2.07. The molecule has 2 heteroatoms. The molecule has 2 nitrogen and oxygen atoms in total. The van der Waals surface area contributed by atoms with E-state index in [4.69, 9.17) is 4.84 Å². The molecule has 0 heterocycles. The predicted molar refractivity (Wildman–Crippen MR) is 62.4 cm³/mol. The van der Waals surface area contributed by atoms with E-state index in [1.807, 2.05) is 58.0 Å². The highest BCUT2D eigenvalue weighted by Gasteiger charge is 2.13. The minimum atomic E-state index is -0.0968. The first-order valence-electron chi connectivity index (χ1n) is 5.02. The Morgan fingerprint density at radius 2 is 1.80 bits per heavy atom. The van der Waals surface area contributed by atoms with Gasteiger partial charge in [0.2, 0.25) is 6.61 Å². The summed E-state index contributed by atoms with van der Waals surface area (Å²) in [6, 6.07) is 9.93. The summed E-state index contributed by atoms with van der Waals surface area (Å²) in [5, 5.41) is 3.99. The molecule has 0 saturated carbocycles. The molecule has 0 atom stereocenters. The van der Waals surface area contributed by atoms with Crippen molar-refractivity contribution in [3.8, 4) is 0 Å². The van der Waals surface area contributed by atoms with E-state index >= 15 is 0 Å². The van der Waals surface area contributed by atoms with Gasteiger partial charge in [0.1, 0.15) is 0 Å². The van der Waals surface area contributed by atoms with Crippen LogP contribution >= 0.6 is 0 Å². The average Bonchev–Trinajstić information content (AvgIpc) is 2.17. The van der Waals surface area contributed by atoms with Crippen molar-refractivity contribution >= 4 is 5.71 Å². The quantitative estimate of drug-likeness (QED) is 0.544. The van der Waals surface area contributed by atoms with Gasteiger partial charge in [0.15, 0.2) is 0 Å². The van der Waals surface area contributed by atoms with Crippen molar-refractivity contribution in [3.63, 3.8) is 0 Å². The minimum Gasteiger partial charge on any atom is -0.379 e. The summed E-state index contributed by atoms with van der Waals surface area (Å²) in [6.07, 6.45) is 0. The predicted octanol–water partition coefficient (Wildman–Crippen LogP) is 3.51. The van der Waals surface area contributed by atoms with E-state index in [2.05, 4.69) is 11.8 Å². The van der Waals surface area contributed by atoms with Crippen LogP contribution < -0.4 is 0 Å². The molecule has 0 saturated heterocycles. The molecule has 0 unspecified atom stereocenters. The van der Waals surface area contributed by atoms with Crippen molar-refractivity contribution in [2.24, 2.45) is 10.6 Å². The molecule has 1 rings (SSSR count). The first kappa shape index (κ1) is 11.8. The fraction of sp³-hybridized carbons (Fsp3) is 0.385. The molecule has 0 fully saturated rings. The Morgan fingerprint density at radius 3 is 2.33 bits per heavy atom. The zero-order chi connectivity index (χ0) is 11.3. The molecule has 0 N–H and O–H groups in total. The Morgan fingerprint density at radius 1 is 1.20 bits per heavy atom. The standard InChI is InChI=1S/C13H17NO/c1-11(12-8-6-5-7-9-12)14-15-10-13(2,3)4/h5-9H,1-4H3. The molecule has 0 amide bonds. The van der Waals surface area contributed by atoms with E-state index < -0.39 is 0 Å². The monoisotopic (exact) mass is 203 g/mol. The van der Waals surface area contributed by atoms with Crippen LogP contribution in [0.1, 0.15) is 33.3 Å². The number of hydrogen-bond donors (Lipinski definition) is 0. The van der Waals surface area contributed by atoms with Crippen molar-refractivity contribution < 1.29 is 4.84 Å². The average molecular weight is 203 g/mol. The van der Waals surface area contributed by atoms with Gasteiger partial charge in [-0.3, -0.25) is 0 Å². The van der Waals surface area contributed by atoms with Gasteiger partial charge in [-0.25, -0.2) is 0 Å². The van der Waals surface area contributed by atoms with Gasteiger partial charge in [-0.2, -0.15) is 0 Å². The third-order valence-electron chi connectivity index (χ3n) is 1.73. The molecule has 0 bridgehead atoms. The molecule has 0 aliphatic rings. The third-order valence-corrected chi connectivity index (χ3v) is 1.73. The number of oxime groups is 1. The molecular formula is C13H17NO. The summed E-state index contributed by atoms with van der Waals surface area (Å²) < 4.78 is 0. The lowest BCUT2D eigenvalue weighted by atomic mass is 9.99. The van der Waals surface area contributed by atoms with Crippen LogP contribution in [0.3, 0.4) is 0 Å². The first-order valence-corrected chi connectivity index (χ1v) is 5.02. The second-order valence-electron chi connectivity index (χ2n) is 4.49. The topological polar surface area (TPSA) is 21.6 Å². The second-order valence-corrected chi connectivity index (χ2v) is 4.49. The largest absolute Gasteiger partial charge is 0.379 e. The number of rotatable bonds is 3. The van der Waals surface area contributed by atoms with E-state index in [0.717, 1.165) is 11.3 Å². The third kappa shape index (κ3) is 4.63. The van der Waals surface area contributed by atoms with Crippen LogP contribution in [0.4, 0.5) is 0 Å². The maximum absolute atomic E-state index is 5.05. The van der Waals surface area contributed by atoms with Crippen LogP contribution in [-0.4, -0.2) is 5.71 Å². The summed E-state index contributed by atoms with van der Waals surface area (Å²) in [4.78, 5) is 5.05. The molecule has 0 aromatic heterocycles. The summed E-state index contributed by atoms with van der Waals surface area (Å²) in [5.74, 6) is 0. The fourth-order valence-corrected chi connectivity index (χ4v) is 0.960. The van der Waals surface area contributed by atoms with Crippen LogP contribution in [0.5, 0.6) is 0 Å². The number of hydrogen-bond acceptors (Lipinski definition) is 2. The van der Waals surface area contributed by atoms with Gasteiger partial charge in [0.05, 0.1) is 5.71 Å². The van der Waals surface area contributed by atoms with E-state index in [0.29, 0.717) is 0 Å². The first-order chi connectivity index (χ1) is 6.99. The van der Waals surface area contributed by atoms with Crippen LogP contribution in [0, 0.1) is 12.0 Å². The van der Waals surface area contributed by atoms with Gasteiger partial charge in [-0.1, -0.05) is 56.3 Å². The molecule has 1 aromatic rings. The molecule has 80 valence electrons. The van der Waals surface area contributed by atoms with Crippen molar-refractivity contribution in [1.29, 1.82) is 0 Å². The molecule has 0 aliphatic carbocycles. The summed E-state index contributed by atoms with van der Waals surface area (Å²) >= 11 is 0. The van der Waals surface area contributed by atoms with Crippen LogP contribution in [0.2, 0.25) is 0 Å². The maximum Gasteiger partial charge on any atom is 0.235 e. The van der Waals surface area contributed by atoms with Crippen molar-refractivity contribution in [1.82, 2.24) is 0 Å². The lowest BCUT2D eigenvalue weighted by molar-refractivity contribution is 0.148. The van der Waals surface area contributed by atoms with Gasteiger partial charge < -0.3 is 4.84 Å².